The van der Waals surface area contributed by atoms with E-state index in [1.54, 1.807) is 0 Å². The van der Waals surface area contributed by atoms with E-state index in [1.807, 2.05) is 11.9 Å². The molecule has 1 amide bonds. The molecule has 2 bridgehead atoms. The quantitative estimate of drug-likeness (QED) is 0.460. The molecule has 0 radical (unpaired) electrons. The number of likely N-dealkylation sites (tertiary alicyclic amines) is 1. The average molecular weight is 126 g/mol. The Balaban J connectivity index is 2.25. The summed E-state index contributed by atoms with van der Waals surface area (Å²) in [6.07, 6.45) is 1.02. The molecule has 2 rings (SSSR count). The lowest BCUT2D eigenvalue weighted by atomic mass is 10.2. The number of nitrogens with zero attached hydrogens (tertiary/aromatic N) is 1. The van der Waals surface area contributed by atoms with Gasteiger partial charge in [0, 0.05) is 19.6 Å². The van der Waals surface area contributed by atoms with Gasteiger partial charge in [0.1, 0.15) is 0 Å². The summed E-state index contributed by atoms with van der Waals surface area (Å²) in [6.45, 7) is 0.993. The average Bonchev–Trinajstić information content (AvgIpc) is 2.37. The number of carbonyl (C=O) groups is 1. The zero-order valence-corrected chi connectivity index (χ0v) is 5.42. The maximum atomic E-state index is 11.0. The standard InChI is InChI=1S/C6H10N2O/c1-8-4-2-5(6(8)9)7-3-4/h4-5,7H,2-3H2,1H3. The summed E-state index contributed by atoms with van der Waals surface area (Å²) in [5.74, 6) is 0.270. The summed E-state index contributed by atoms with van der Waals surface area (Å²) in [5.41, 5.74) is 0. The maximum Gasteiger partial charge on any atom is 0.239 e. The summed E-state index contributed by atoms with van der Waals surface area (Å²) < 4.78 is 0. The van der Waals surface area contributed by atoms with Gasteiger partial charge in [-0.05, 0) is 6.42 Å². The fourth-order valence-corrected chi connectivity index (χ4v) is 1.63. The van der Waals surface area contributed by atoms with Gasteiger partial charge in [-0.3, -0.25) is 4.79 Å². The minimum atomic E-state index is 0.153. The Morgan fingerprint density at radius 1 is 1.78 bits per heavy atom. The summed E-state index contributed by atoms with van der Waals surface area (Å²) >= 11 is 0. The van der Waals surface area contributed by atoms with E-state index in [0.717, 1.165) is 13.0 Å². The first-order valence-corrected chi connectivity index (χ1v) is 3.29. The molecule has 0 aromatic heterocycles. The van der Waals surface area contributed by atoms with Crippen LogP contribution in [0.4, 0.5) is 0 Å². The molecular weight excluding hydrogens is 116 g/mol. The number of rotatable bonds is 0. The van der Waals surface area contributed by atoms with E-state index in [9.17, 15) is 4.79 Å². The lowest BCUT2D eigenvalue weighted by Crippen LogP contribution is -2.45. The highest BCUT2D eigenvalue weighted by atomic mass is 16.2. The Hall–Kier alpha value is -0.570. The van der Waals surface area contributed by atoms with Gasteiger partial charge in [-0.2, -0.15) is 0 Å². The summed E-state index contributed by atoms with van der Waals surface area (Å²) in [7, 11) is 1.88. The number of carbonyl (C=O) groups excluding carboxylic acids is 1. The lowest BCUT2D eigenvalue weighted by Gasteiger charge is -2.22. The van der Waals surface area contributed by atoms with Crippen LogP contribution in [0.5, 0.6) is 0 Å². The van der Waals surface area contributed by atoms with E-state index < -0.39 is 0 Å². The van der Waals surface area contributed by atoms with Gasteiger partial charge < -0.3 is 10.2 Å². The van der Waals surface area contributed by atoms with Gasteiger partial charge in [-0.25, -0.2) is 0 Å². The first-order valence-electron chi connectivity index (χ1n) is 3.29. The van der Waals surface area contributed by atoms with E-state index >= 15 is 0 Å². The molecule has 3 heteroatoms. The van der Waals surface area contributed by atoms with Crippen LogP contribution in [0.15, 0.2) is 0 Å². The van der Waals surface area contributed by atoms with Crippen molar-refractivity contribution in [2.24, 2.45) is 0 Å². The molecule has 50 valence electrons. The zero-order chi connectivity index (χ0) is 6.43. The molecule has 2 unspecified atom stereocenters. The van der Waals surface area contributed by atoms with Crippen molar-refractivity contribution in [1.82, 2.24) is 10.2 Å². The lowest BCUT2D eigenvalue weighted by molar-refractivity contribution is -0.130. The van der Waals surface area contributed by atoms with Crippen LogP contribution in [0, 0.1) is 0 Å². The van der Waals surface area contributed by atoms with Crippen molar-refractivity contribution >= 4 is 5.91 Å². The largest absolute Gasteiger partial charge is 0.340 e. The summed E-state index contributed by atoms with van der Waals surface area (Å²) in [4.78, 5) is 12.9. The molecule has 2 aliphatic heterocycles. The molecule has 2 aliphatic rings. The Morgan fingerprint density at radius 3 is 2.89 bits per heavy atom. The number of fused-ring (bicyclic) bond motifs is 2. The first-order chi connectivity index (χ1) is 4.29. The van der Waals surface area contributed by atoms with Gasteiger partial charge in [0.05, 0.1) is 6.04 Å². The van der Waals surface area contributed by atoms with E-state index in [-0.39, 0.29) is 11.9 Å². The third-order valence-corrected chi connectivity index (χ3v) is 2.30. The fraction of sp³-hybridized carbons (Fsp3) is 0.833. The van der Waals surface area contributed by atoms with Crippen LogP contribution >= 0.6 is 0 Å². The number of amides is 1. The van der Waals surface area contributed by atoms with Gasteiger partial charge in [-0.1, -0.05) is 0 Å². The summed E-state index contributed by atoms with van der Waals surface area (Å²) in [6, 6.07) is 0.641. The van der Waals surface area contributed by atoms with Crippen molar-refractivity contribution in [3.63, 3.8) is 0 Å². The molecular formula is C6H10N2O. The topological polar surface area (TPSA) is 32.3 Å². The zero-order valence-electron chi connectivity index (χ0n) is 5.42. The third kappa shape index (κ3) is 0.525. The molecule has 0 aromatic carbocycles. The van der Waals surface area contributed by atoms with Crippen LogP contribution in [-0.4, -0.2) is 36.5 Å². The maximum absolute atomic E-state index is 11.0. The predicted molar refractivity (Wildman–Crippen MR) is 33.0 cm³/mol. The minimum absolute atomic E-state index is 0.153. The molecule has 9 heavy (non-hydrogen) atoms. The summed E-state index contributed by atoms with van der Waals surface area (Å²) in [5, 5.41) is 3.14. The molecule has 2 heterocycles. The molecule has 2 saturated heterocycles. The molecule has 2 fully saturated rings. The Labute approximate surface area is 54.0 Å². The molecule has 0 aliphatic carbocycles. The Bertz CT molecular complexity index is 153. The predicted octanol–water partition coefficient (Wildman–Crippen LogP) is -0.811. The Kier molecular flexibility index (Phi) is 0.858. The van der Waals surface area contributed by atoms with E-state index in [2.05, 4.69) is 5.32 Å². The smallest absolute Gasteiger partial charge is 0.239 e. The van der Waals surface area contributed by atoms with Gasteiger partial charge in [-0.15, -0.1) is 0 Å². The van der Waals surface area contributed by atoms with Crippen molar-refractivity contribution in [2.75, 3.05) is 13.6 Å². The molecule has 0 spiro atoms. The second-order valence-corrected chi connectivity index (χ2v) is 2.80. The van der Waals surface area contributed by atoms with Crippen molar-refractivity contribution in [3.05, 3.63) is 0 Å². The minimum Gasteiger partial charge on any atom is -0.340 e. The number of piperazine rings is 1. The molecule has 2 atom stereocenters. The second-order valence-electron chi connectivity index (χ2n) is 2.80. The fourth-order valence-electron chi connectivity index (χ4n) is 1.63. The van der Waals surface area contributed by atoms with Gasteiger partial charge in [0.15, 0.2) is 0 Å². The highest BCUT2D eigenvalue weighted by molar-refractivity contribution is 5.85. The first kappa shape index (κ1) is 5.23. The second kappa shape index (κ2) is 1.48. The van der Waals surface area contributed by atoms with Crippen LogP contribution in [0.25, 0.3) is 0 Å². The number of nitrogens with one attached hydrogen (secondary N) is 1. The van der Waals surface area contributed by atoms with Crippen molar-refractivity contribution in [3.8, 4) is 0 Å². The number of likely N-dealkylation sites (N-methyl/N-ethyl adjacent to an activating group) is 1. The highest BCUT2D eigenvalue weighted by Crippen LogP contribution is 2.21. The van der Waals surface area contributed by atoms with E-state index in [0.29, 0.717) is 6.04 Å². The van der Waals surface area contributed by atoms with E-state index in [1.165, 1.54) is 0 Å². The van der Waals surface area contributed by atoms with Crippen LogP contribution in [-0.2, 0) is 4.79 Å². The SMILES string of the molecule is CN1C(=O)C2CC1CN2. The van der Waals surface area contributed by atoms with Crippen LogP contribution in [0.1, 0.15) is 6.42 Å². The van der Waals surface area contributed by atoms with Gasteiger partial charge in [0.2, 0.25) is 5.91 Å². The van der Waals surface area contributed by atoms with E-state index in [4.69, 9.17) is 0 Å². The van der Waals surface area contributed by atoms with Crippen LogP contribution in [0.3, 0.4) is 0 Å². The van der Waals surface area contributed by atoms with Crippen molar-refractivity contribution in [1.29, 1.82) is 0 Å². The van der Waals surface area contributed by atoms with Crippen molar-refractivity contribution < 1.29 is 4.79 Å². The van der Waals surface area contributed by atoms with Crippen LogP contribution in [0.2, 0.25) is 0 Å². The van der Waals surface area contributed by atoms with Gasteiger partial charge >= 0.3 is 0 Å². The Morgan fingerprint density at radius 2 is 2.56 bits per heavy atom. The number of hydrogen-bond donors (Lipinski definition) is 1. The monoisotopic (exact) mass is 126 g/mol. The van der Waals surface area contributed by atoms with Crippen molar-refractivity contribution in [2.45, 2.75) is 18.5 Å². The molecule has 3 nitrogen and oxygen atoms in total. The highest BCUT2D eigenvalue weighted by Gasteiger charge is 2.42. The molecule has 1 N–H and O–H groups in total. The number of hydrogen-bond acceptors (Lipinski definition) is 2. The molecule has 0 saturated carbocycles. The van der Waals surface area contributed by atoms with Crippen LogP contribution < -0.4 is 5.32 Å². The third-order valence-electron chi connectivity index (χ3n) is 2.30. The molecule has 0 aromatic rings. The van der Waals surface area contributed by atoms with Gasteiger partial charge in [0.25, 0.3) is 0 Å². The normalized spacial score (nSPS) is 40.6.